The third-order valence-electron chi connectivity index (χ3n) is 5.07. The Morgan fingerprint density at radius 1 is 1.22 bits per heavy atom. The quantitative estimate of drug-likeness (QED) is 0.844. The zero-order chi connectivity index (χ0) is 16.0. The van der Waals surface area contributed by atoms with Gasteiger partial charge in [-0.25, -0.2) is 0 Å². The molecule has 0 amide bonds. The second kappa shape index (κ2) is 5.60. The van der Waals surface area contributed by atoms with Crippen molar-refractivity contribution in [3.63, 3.8) is 0 Å². The van der Waals surface area contributed by atoms with Crippen LogP contribution in [-0.4, -0.2) is 46.4 Å². The van der Waals surface area contributed by atoms with Crippen molar-refractivity contribution >= 4 is 5.82 Å². The molecule has 2 aromatic heterocycles. The molecule has 0 N–H and O–H groups in total. The highest BCUT2D eigenvalue weighted by Crippen LogP contribution is 2.38. The van der Waals surface area contributed by atoms with Gasteiger partial charge < -0.3 is 9.42 Å². The van der Waals surface area contributed by atoms with Gasteiger partial charge in [0, 0.05) is 37.2 Å². The van der Waals surface area contributed by atoms with E-state index in [1.54, 1.807) is 0 Å². The molecule has 1 saturated carbocycles. The van der Waals surface area contributed by atoms with E-state index in [1.165, 1.54) is 18.4 Å². The van der Waals surface area contributed by atoms with Crippen molar-refractivity contribution in [2.45, 2.75) is 45.2 Å². The molecule has 2 fully saturated rings. The van der Waals surface area contributed by atoms with Crippen molar-refractivity contribution in [1.29, 1.82) is 0 Å². The summed E-state index contributed by atoms with van der Waals surface area (Å²) in [6.07, 6.45) is 2.54. The van der Waals surface area contributed by atoms with Gasteiger partial charge >= 0.3 is 0 Å². The molecule has 0 bridgehead atoms. The van der Waals surface area contributed by atoms with Crippen molar-refractivity contribution in [2.75, 3.05) is 25.0 Å². The molecule has 1 saturated heterocycles. The fraction of sp³-hybridized carbons (Fsp3) is 0.588. The van der Waals surface area contributed by atoms with Gasteiger partial charge in [0.15, 0.2) is 5.82 Å². The predicted molar refractivity (Wildman–Crippen MR) is 87.5 cm³/mol. The monoisotopic (exact) mass is 313 g/mol. The maximum atomic E-state index is 5.25. The summed E-state index contributed by atoms with van der Waals surface area (Å²) in [5.74, 6) is 2.59. The van der Waals surface area contributed by atoms with Crippen LogP contribution in [0.3, 0.4) is 0 Å². The molecule has 1 aliphatic heterocycles. The second-order valence-electron chi connectivity index (χ2n) is 6.87. The Morgan fingerprint density at radius 2 is 2.00 bits per heavy atom. The normalized spacial score (nSPS) is 18.5. The smallest absolute Gasteiger partial charge is 0.151 e. The number of nitrogens with zero attached hydrogens (tertiary/aromatic N) is 5. The van der Waals surface area contributed by atoms with Gasteiger partial charge in [0.05, 0.1) is 11.4 Å². The summed E-state index contributed by atoms with van der Waals surface area (Å²) in [4.78, 5) is 4.66. The van der Waals surface area contributed by atoms with Crippen LogP contribution in [0.5, 0.6) is 0 Å². The molecule has 4 rings (SSSR count). The summed E-state index contributed by atoms with van der Waals surface area (Å²) in [6, 6.07) is 4.79. The molecule has 122 valence electrons. The fourth-order valence-electron chi connectivity index (χ4n) is 3.13. The lowest BCUT2D eigenvalue weighted by Gasteiger charge is -2.44. The second-order valence-corrected chi connectivity index (χ2v) is 6.87. The Bertz CT molecular complexity index is 666. The van der Waals surface area contributed by atoms with E-state index in [1.807, 2.05) is 13.8 Å². The van der Waals surface area contributed by atoms with Gasteiger partial charge in [0.25, 0.3) is 0 Å². The van der Waals surface area contributed by atoms with Gasteiger partial charge in [0.2, 0.25) is 0 Å². The van der Waals surface area contributed by atoms with E-state index >= 15 is 0 Å². The van der Waals surface area contributed by atoms with Crippen molar-refractivity contribution in [1.82, 2.24) is 20.3 Å². The van der Waals surface area contributed by atoms with Crippen molar-refractivity contribution in [3.05, 3.63) is 34.8 Å². The zero-order valence-corrected chi connectivity index (χ0v) is 14.0. The van der Waals surface area contributed by atoms with E-state index in [0.29, 0.717) is 12.0 Å². The van der Waals surface area contributed by atoms with Crippen LogP contribution < -0.4 is 4.90 Å². The van der Waals surface area contributed by atoms with Crippen LogP contribution in [0, 0.1) is 13.8 Å². The van der Waals surface area contributed by atoms with Gasteiger partial charge in [-0.2, -0.15) is 5.10 Å². The van der Waals surface area contributed by atoms with E-state index in [2.05, 4.69) is 44.3 Å². The highest BCUT2D eigenvalue weighted by molar-refractivity contribution is 5.42. The average molecular weight is 313 g/mol. The lowest BCUT2D eigenvalue weighted by molar-refractivity contribution is 0.195. The minimum Gasteiger partial charge on any atom is -0.361 e. The van der Waals surface area contributed by atoms with Crippen LogP contribution in [0.15, 0.2) is 16.7 Å². The van der Waals surface area contributed by atoms with Crippen LogP contribution >= 0.6 is 0 Å². The summed E-state index contributed by atoms with van der Waals surface area (Å²) >= 11 is 0. The Balaban J connectivity index is 1.33. The summed E-state index contributed by atoms with van der Waals surface area (Å²) < 4.78 is 5.25. The molecule has 1 aliphatic carbocycles. The fourth-order valence-corrected chi connectivity index (χ4v) is 3.13. The number of anilines is 1. The average Bonchev–Trinajstić information content (AvgIpc) is 3.29. The van der Waals surface area contributed by atoms with Gasteiger partial charge in [-0.3, -0.25) is 4.90 Å². The van der Waals surface area contributed by atoms with E-state index in [4.69, 9.17) is 4.52 Å². The van der Waals surface area contributed by atoms with E-state index < -0.39 is 0 Å². The summed E-state index contributed by atoms with van der Waals surface area (Å²) in [7, 11) is 2.16. The van der Waals surface area contributed by atoms with Crippen LogP contribution in [0.25, 0.3) is 0 Å². The van der Waals surface area contributed by atoms with Gasteiger partial charge in [-0.1, -0.05) is 5.16 Å². The molecular weight excluding hydrogens is 290 g/mol. The van der Waals surface area contributed by atoms with E-state index in [9.17, 15) is 0 Å². The molecule has 0 radical (unpaired) electrons. The largest absolute Gasteiger partial charge is 0.361 e. The Morgan fingerprint density at radius 3 is 2.57 bits per heavy atom. The third-order valence-corrected chi connectivity index (χ3v) is 5.07. The molecule has 6 heteroatoms. The van der Waals surface area contributed by atoms with Crippen molar-refractivity contribution < 1.29 is 4.52 Å². The van der Waals surface area contributed by atoms with Crippen LogP contribution in [0.1, 0.15) is 41.5 Å². The molecule has 6 nitrogen and oxygen atoms in total. The molecule has 23 heavy (non-hydrogen) atoms. The molecule has 0 unspecified atom stereocenters. The standard InChI is InChI=1S/C17H23N5O/c1-11-15(12(2)23-20-11)10-21(3)14-8-22(9-14)17-7-6-16(18-19-17)13-4-5-13/h6-7,13-14H,4-5,8-10H2,1-3H3. The van der Waals surface area contributed by atoms with Crippen molar-refractivity contribution in [3.8, 4) is 0 Å². The van der Waals surface area contributed by atoms with Crippen molar-refractivity contribution in [2.24, 2.45) is 0 Å². The predicted octanol–water partition coefficient (Wildman–Crippen LogP) is 2.28. The first kappa shape index (κ1) is 14.6. The lowest BCUT2D eigenvalue weighted by Crippen LogP contribution is -2.58. The molecule has 0 aromatic carbocycles. The number of hydrogen-bond donors (Lipinski definition) is 0. The lowest BCUT2D eigenvalue weighted by atomic mass is 10.1. The first-order chi connectivity index (χ1) is 11.1. The Labute approximate surface area is 136 Å². The zero-order valence-electron chi connectivity index (χ0n) is 14.0. The van der Waals surface area contributed by atoms with Crippen LogP contribution in [0.4, 0.5) is 5.82 Å². The SMILES string of the molecule is Cc1noc(C)c1CN(C)C1CN(c2ccc(C3CC3)nn2)C1. The number of likely N-dealkylation sites (N-methyl/N-ethyl adjacent to an activating group) is 1. The number of hydrogen-bond acceptors (Lipinski definition) is 6. The summed E-state index contributed by atoms with van der Waals surface area (Å²) in [5.41, 5.74) is 3.35. The number of rotatable bonds is 5. The molecule has 0 spiro atoms. The van der Waals surface area contributed by atoms with E-state index in [-0.39, 0.29) is 0 Å². The summed E-state index contributed by atoms with van der Waals surface area (Å²) in [6.45, 7) is 6.86. The minimum absolute atomic E-state index is 0.536. The molecule has 2 aromatic rings. The highest BCUT2D eigenvalue weighted by atomic mass is 16.5. The number of aryl methyl sites for hydroxylation is 2. The first-order valence-electron chi connectivity index (χ1n) is 8.32. The van der Waals surface area contributed by atoms with E-state index in [0.717, 1.165) is 42.6 Å². The maximum Gasteiger partial charge on any atom is 0.151 e. The maximum absolute atomic E-state index is 5.25. The first-order valence-corrected chi connectivity index (χ1v) is 8.32. The Kier molecular flexibility index (Phi) is 3.56. The minimum atomic E-state index is 0.536. The topological polar surface area (TPSA) is 58.3 Å². The molecule has 0 atom stereocenters. The van der Waals surface area contributed by atoms with Crippen LogP contribution in [-0.2, 0) is 6.54 Å². The third kappa shape index (κ3) is 2.83. The van der Waals surface area contributed by atoms with Gasteiger partial charge in [-0.05, 0) is 45.9 Å². The number of aromatic nitrogens is 3. The summed E-state index contributed by atoms with van der Waals surface area (Å²) in [5, 5.41) is 12.8. The highest BCUT2D eigenvalue weighted by Gasteiger charge is 2.32. The van der Waals surface area contributed by atoms with Gasteiger partial charge in [0.1, 0.15) is 5.76 Å². The van der Waals surface area contributed by atoms with Gasteiger partial charge in [-0.15, -0.1) is 5.10 Å². The molecule has 3 heterocycles. The van der Waals surface area contributed by atoms with Crippen LogP contribution in [0.2, 0.25) is 0 Å². The molecular formula is C17H23N5O. The molecule has 2 aliphatic rings. The Hall–Kier alpha value is -1.95.